The first-order chi connectivity index (χ1) is 15.1. The van der Waals surface area contributed by atoms with E-state index >= 15 is 0 Å². The summed E-state index contributed by atoms with van der Waals surface area (Å²) in [7, 11) is 0. The molecule has 1 fully saturated rings. The van der Waals surface area contributed by atoms with E-state index in [9.17, 15) is 14.4 Å². The van der Waals surface area contributed by atoms with Gasteiger partial charge in [-0.25, -0.2) is 4.79 Å². The van der Waals surface area contributed by atoms with Gasteiger partial charge in [-0.3, -0.25) is 9.59 Å². The summed E-state index contributed by atoms with van der Waals surface area (Å²) < 4.78 is 11.1. The summed E-state index contributed by atoms with van der Waals surface area (Å²) in [4.78, 5) is 37.7. The maximum Gasteiger partial charge on any atom is 0.338 e. The van der Waals surface area contributed by atoms with Crippen LogP contribution in [0.25, 0.3) is 0 Å². The lowest BCUT2D eigenvalue weighted by molar-refractivity contribution is -0.140. The van der Waals surface area contributed by atoms with Crippen LogP contribution in [0.5, 0.6) is 0 Å². The van der Waals surface area contributed by atoms with Crippen molar-refractivity contribution in [3.05, 3.63) is 69.3 Å². The van der Waals surface area contributed by atoms with Gasteiger partial charge in [0, 0.05) is 6.42 Å². The Hall–Kier alpha value is -2.37. The molecule has 0 N–H and O–H groups in total. The van der Waals surface area contributed by atoms with Crippen LogP contribution >= 0.6 is 23.2 Å². The zero-order valence-electron chi connectivity index (χ0n) is 18.3. The highest BCUT2D eigenvalue weighted by molar-refractivity contribution is 6.42. The Morgan fingerprint density at radius 2 is 1.97 bits per heavy atom. The van der Waals surface area contributed by atoms with E-state index < -0.39 is 29.6 Å². The Kier molecular flexibility index (Phi) is 7.63. The molecule has 1 aromatic carbocycles. The number of benzene rings is 1. The molecule has 0 amide bonds. The van der Waals surface area contributed by atoms with Crippen LogP contribution in [0, 0.1) is 5.41 Å². The van der Waals surface area contributed by atoms with Gasteiger partial charge in [0.25, 0.3) is 0 Å². The zero-order chi connectivity index (χ0) is 23.5. The minimum Gasteiger partial charge on any atom is -0.457 e. The first kappa shape index (κ1) is 24.3. The molecule has 7 heteroatoms. The van der Waals surface area contributed by atoms with Crippen LogP contribution in [0.1, 0.15) is 56.8 Å². The Labute approximate surface area is 198 Å². The fraction of sp³-hybridized carbons (Fsp3) is 0.400. The van der Waals surface area contributed by atoms with Crippen LogP contribution in [0.4, 0.5) is 0 Å². The van der Waals surface area contributed by atoms with Crippen molar-refractivity contribution < 1.29 is 23.9 Å². The van der Waals surface area contributed by atoms with Crippen molar-refractivity contribution in [2.24, 2.45) is 5.41 Å². The smallest absolute Gasteiger partial charge is 0.338 e. The number of esters is 2. The summed E-state index contributed by atoms with van der Waals surface area (Å²) in [5, 5.41) is 0.581. The minimum atomic E-state index is -1.08. The lowest BCUT2D eigenvalue weighted by atomic mass is 9.69. The number of carbonyl (C=O) groups is 3. The van der Waals surface area contributed by atoms with E-state index in [-0.39, 0.29) is 29.2 Å². The van der Waals surface area contributed by atoms with Crippen LogP contribution < -0.4 is 0 Å². The van der Waals surface area contributed by atoms with E-state index in [1.807, 2.05) is 26.8 Å². The predicted octanol–water partition coefficient (Wildman–Crippen LogP) is 6.04. The van der Waals surface area contributed by atoms with Gasteiger partial charge in [0.2, 0.25) is 0 Å². The molecular weight excluding hydrogens is 451 g/mol. The molecule has 0 saturated carbocycles. The minimum absolute atomic E-state index is 0.0422. The highest BCUT2D eigenvalue weighted by Gasteiger charge is 2.55. The Balaban J connectivity index is 1.77. The summed E-state index contributed by atoms with van der Waals surface area (Å²) in [6.45, 7) is 6.04. The lowest BCUT2D eigenvalue weighted by Gasteiger charge is -2.34. The quantitative estimate of drug-likeness (QED) is 0.369. The molecular formula is C25H26Cl2O5. The third-order valence-electron chi connectivity index (χ3n) is 5.72. The van der Waals surface area contributed by atoms with E-state index in [1.165, 1.54) is 29.8 Å². The second-order valence-electron chi connectivity index (χ2n) is 8.58. The van der Waals surface area contributed by atoms with Crippen molar-refractivity contribution in [2.75, 3.05) is 0 Å². The molecule has 2 aliphatic rings. The molecule has 1 aliphatic heterocycles. The number of rotatable bonds is 6. The summed E-state index contributed by atoms with van der Waals surface area (Å²) in [6, 6.07) is 4.47. The molecule has 170 valence electrons. The van der Waals surface area contributed by atoms with Crippen molar-refractivity contribution in [3.8, 4) is 0 Å². The SMILES string of the molecule is CC(C)=CCC/C(C)=C/[C@H]1OC(=O)CC12C[C@H](OC(=O)c1ccc(Cl)c(Cl)c1)C=CC2=O. The standard InChI is InChI=1S/C25H26Cl2O5/c1-15(2)5-4-6-16(3)11-22-25(14-23(29)32-22)13-18(8-10-21(25)28)31-24(30)17-7-9-19(26)20(27)12-17/h5,7-12,18,22H,4,6,13-14H2,1-3H3/b16-11+/t18-,22-,25?/m1/s1. The molecule has 5 nitrogen and oxygen atoms in total. The third-order valence-corrected chi connectivity index (χ3v) is 6.46. The summed E-state index contributed by atoms with van der Waals surface area (Å²) in [5.41, 5.74) is 1.45. The molecule has 1 spiro atoms. The van der Waals surface area contributed by atoms with Gasteiger partial charge in [-0.05, 0) is 70.0 Å². The number of halogens is 2. The number of carbonyl (C=O) groups excluding carboxylic acids is 3. The lowest BCUT2D eigenvalue weighted by Crippen LogP contribution is -2.43. The van der Waals surface area contributed by atoms with Crippen LogP contribution in [0.2, 0.25) is 10.0 Å². The van der Waals surface area contributed by atoms with Gasteiger partial charge in [-0.15, -0.1) is 0 Å². The van der Waals surface area contributed by atoms with Crippen molar-refractivity contribution >= 4 is 40.9 Å². The van der Waals surface area contributed by atoms with Crippen molar-refractivity contribution in [1.82, 2.24) is 0 Å². The monoisotopic (exact) mass is 476 g/mol. The maximum absolute atomic E-state index is 12.9. The largest absolute Gasteiger partial charge is 0.457 e. The summed E-state index contributed by atoms with van der Waals surface area (Å²) in [6.07, 6.45) is 7.37. The van der Waals surface area contributed by atoms with E-state index in [2.05, 4.69) is 6.08 Å². The van der Waals surface area contributed by atoms with Gasteiger partial charge in [0.15, 0.2) is 5.78 Å². The van der Waals surface area contributed by atoms with Gasteiger partial charge in [-0.1, -0.05) is 40.4 Å². The number of allylic oxidation sites excluding steroid dienone is 4. The molecule has 1 unspecified atom stereocenters. The van der Waals surface area contributed by atoms with Crippen molar-refractivity contribution in [3.63, 3.8) is 0 Å². The van der Waals surface area contributed by atoms with E-state index in [0.717, 1.165) is 18.4 Å². The zero-order valence-corrected chi connectivity index (χ0v) is 19.8. The number of hydrogen-bond donors (Lipinski definition) is 0. The highest BCUT2D eigenvalue weighted by atomic mass is 35.5. The third kappa shape index (κ3) is 5.51. The predicted molar refractivity (Wildman–Crippen MR) is 124 cm³/mol. The molecule has 0 bridgehead atoms. The van der Waals surface area contributed by atoms with Crippen LogP contribution in [0.15, 0.2) is 53.6 Å². The molecule has 32 heavy (non-hydrogen) atoms. The van der Waals surface area contributed by atoms with Crippen molar-refractivity contribution in [1.29, 1.82) is 0 Å². The molecule has 3 rings (SSSR count). The topological polar surface area (TPSA) is 69.7 Å². The fourth-order valence-electron chi connectivity index (χ4n) is 3.99. The second kappa shape index (κ2) is 10.1. The molecule has 0 aromatic heterocycles. The number of ether oxygens (including phenoxy) is 2. The summed E-state index contributed by atoms with van der Waals surface area (Å²) in [5.74, 6) is -1.21. The molecule has 1 heterocycles. The Bertz CT molecular complexity index is 1020. The first-order valence-electron chi connectivity index (χ1n) is 10.5. The van der Waals surface area contributed by atoms with Gasteiger partial charge >= 0.3 is 11.9 Å². The van der Waals surface area contributed by atoms with Gasteiger partial charge in [-0.2, -0.15) is 0 Å². The van der Waals surface area contributed by atoms with E-state index in [0.29, 0.717) is 5.02 Å². The van der Waals surface area contributed by atoms with Crippen molar-refractivity contribution in [2.45, 2.75) is 58.7 Å². The summed E-state index contributed by atoms with van der Waals surface area (Å²) >= 11 is 11.9. The average Bonchev–Trinajstić information content (AvgIpc) is 3.01. The normalized spacial score (nSPS) is 25.1. The van der Waals surface area contributed by atoms with Gasteiger partial charge in [0.05, 0.1) is 27.4 Å². The van der Waals surface area contributed by atoms with E-state index in [1.54, 1.807) is 6.08 Å². The van der Waals surface area contributed by atoms with Gasteiger partial charge < -0.3 is 9.47 Å². The number of ketones is 1. The molecule has 1 aromatic rings. The molecule has 0 radical (unpaired) electrons. The highest BCUT2D eigenvalue weighted by Crippen LogP contribution is 2.45. The number of hydrogen-bond acceptors (Lipinski definition) is 5. The Morgan fingerprint density at radius 3 is 2.66 bits per heavy atom. The first-order valence-corrected chi connectivity index (χ1v) is 11.2. The van der Waals surface area contributed by atoms with E-state index in [4.69, 9.17) is 32.7 Å². The Morgan fingerprint density at radius 1 is 1.22 bits per heavy atom. The average molecular weight is 477 g/mol. The molecule has 1 saturated heterocycles. The van der Waals surface area contributed by atoms with Crippen LogP contribution in [0.3, 0.4) is 0 Å². The van der Waals surface area contributed by atoms with Crippen LogP contribution in [-0.4, -0.2) is 29.9 Å². The molecule has 3 atom stereocenters. The maximum atomic E-state index is 12.9. The number of cyclic esters (lactones) is 1. The van der Waals surface area contributed by atoms with Gasteiger partial charge in [0.1, 0.15) is 12.2 Å². The molecule has 1 aliphatic carbocycles. The van der Waals surface area contributed by atoms with Crippen LogP contribution in [-0.2, 0) is 19.1 Å². The fourth-order valence-corrected chi connectivity index (χ4v) is 4.29. The second-order valence-corrected chi connectivity index (χ2v) is 9.39.